The van der Waals surface area contributed by atoms with Gasteiger partial charge in [-0.05, 0) is 47.1 Å². The Hall–Kier alpha value is -0.620. The van der Waals surface area contributed by atoms with Crippen molar-refractivity contribution in [1.29, 1.82) is 0 Å². The minimum atomic E-state index is 0.280. The van der Waals surface area contributed by atoms with Gasteiger partial charge in [-0.25, -0.2) is 0 Å². The molecule has 0 aliphatic carbocycles. The number of halogens is 1. The first-order valence-corrected chi connectivity index (χ1v) is 8.34. The maximum absolute atomic E-state index is 5.82. The van der Waals surface area contributed by atoms with Gasteiger partial charge < -0.3 is 14.8 Å². The number of likely N-dealkylation sites (N-methyl/N-ethyl adjacent to an activating group) is 1. The third-order valence-electron chi connectivity index (χ3n) is 4.00. The Balaban J connectivity index is 1.86. The van der Waals surface area contributed by atoms with Gasteiger partial charge in [-0.3, -0.25) is 4.90 Å². The Morgan fingerprint density at radius 1 is 1.52 bits per heavy atom. The minimum Gasteiger partial charge on any atom is -0.496 e. The van der Waals surface area contributed by atoms with Crippen LogP contribution in [0.15, 0.2) is 22.7 Å². The molecule has 0 spiro atoms. The standard InChI is InChI=1S/C16H25BrN2O2/c1-4-19-7-8-21-14(11-19)10-18-12(2)13-5-6-16(20-3)15(17)9-13/h5-6,9,12,14,18H,4,7-8,10-11H2,1-3H3. The summed E-state index contributed by atoms with van der Waals surface area (Å²) in [5.41, 5.74) is 1.24. The van der Waals surface area contributed by atoms with Crippen LogP contribution in [0, 0.1) is 0 Å². The maximum Gasteiger partial charge on any atom is 0.133 e. The molecule has 0 bridgehead atoms. The van der Waals surface area contributed by atoms with Gasteiger partial charge in [0.25, 0.3) is 0 Å². The van der Waals surface area contributed by atoms with Crippen molar-refractivity contribution in [3.05, 3.63) is 28.2 Å². The van der Waals surface area contributed by atoms with Crippen molar-refractivity contribution < 1.29 is 9.47 Å². The van der Waals surface area contributed by atoms with Crippen LogP contribution in [-0.2, 0) is 4.74 Å². The van der Waals surface area contributed by atoms with E-state index in [4.69, 9.17) is 9.47 Å². The van der Waals surface area contributed by atoms with Crippen LogP contribution < -0.4 is 10.1 Å². The average Bonchev–Trinajstić information content (AvgIpc) is 2.52. The molecule has 118 valence electrons. The van der Waals surface area contributed by atoms with Gasteiger partial charge in [0.05, 0.1) is 24.3 Å². The topological polar surface area (TPSA) is 33.7 Å². The third-order valence-corrected chi connectivity index (χ3v) is 4.62. The predicted octanol–water partition coefficient (Wildman–Crippen LogP) is 2.83. The van der Waals surface area contributed by atoms with Crippen molar-refractivity contribution in [1.82, 2.24) is 10.2 Å². The smallest absolute Gasteiger partial charge is 0.133 e. The van der Waals surface area contributed by atoms with Crippen LogP contribution in [0.25, 0.3) is 0 Å². The van der Waals surface area contributed by atoms with Crippen molar-refractivity contribution in [3.8, 4) is 5.75 Å². The molecule has 4 nitrogen and oxygen atoms in total. The van der Waals surface area contributed by atoms with Gasteiger partial charge in [0.15, 0.2) is 0 Å². The minimum absolute atomic E-state index is 0.280. The van der Waals surface area contributed by atoms with E-state index in [-0.39, 0.29) is 12.1 Å². The highest BCUT2D eigenvalue weighted by atomic mass is 79.9. The van der Waals surface area contributed by atoms with Gasteiger partial charge in [-0.1, -0.05) is 13.0 Å². The van der Waals surface area contributed by atoms with Crippen molar-refractivity contribution in [2.75, 3.05) is 39.9 Å². The zero-order chi connectivity index (χ0) is 15.2. The number of nitrogens with one attached hydrogen (secondary N) is 1. The quantitative estimate of drug-likeness (QED) is 0.849. The van der Waals surface area contributed by atoms with Crippen LogP contribution in [0.4, 0.5) is 0 Å². The number of hydrogen-bond donors (Lipinski definition) is 1. The molecule has 1 N–H and O–H groups in total. The van der Waals surface area contributed by atoms with E-state index in [1.807, 2.05) is 6.07 Å². The normalized spacial score (nSPS) is 21.2. The van der Waals surface area contributed by atoms with Crippen LogP contribution in [-0.4, -0.2) is 50.9 Å². The molecule has 1 aliphatic heterocycles. The monoisotopic (exact) mass is 356 g/mol. The predicted molar refractivity (Wildman–Crippen MR) is 89.0 cm³/mol. The number of rotatable bonds is 6. The number of hydrogen-bond acceptors (Lipinski definition) is 4. The lowest BCUT2D eigenvalue weighted by Gasteiger charge is -2.32. The van der Waals surface area contributed by atoms with Gasteiger partial charge in [-0.15, -0.1) is 0 Å². The Labute approximate surface area is 135 Å². The van der Waals surface area contributed by atoms with Gasteiger partial charge in [0.2, 0.25) is 0 Å². The number of nitrogens with zero attached hydrogens (tertiary/aromatic N) is 1. The molecule has 1 fully saturated rings. The molecule has 2 rings (SSSR count). The molecule has 5 heteroatoms. The molecule has 21 heavy (non-hydrogen) atoms. The largest absolute Gasteiger partial charge is 0.496 e. The van der Waals surface area contributed by atoms with E-state index in [0.29, 0.717) is 0 Å². The highest BCUT2D eigenvalue weighted by Crippen LogP contribution is 2.27. The third kappa shape index (κ3) is 4.68. The highest BCUT2D eigenvalue weighted by Gasteiger charge is 2.19. The van der Waals surface area contributed by atoms with Crippen molar-refractivity contribution >= 4 is 15.9 Å². The second kappa shape index (κ2) is 8.13. The van der Waals surface area contributed by atoms with Crippen LogP contribution in [0.2, 0.25) is 0 Å². The van der Waals surface area contributed by atoms with E-state index >= 15 is 0 Å². The lowest BCUT2D eigenvalue weighted by molar-refractivity contribution is -0.0262. The Bertz CT molecular complexity index is 456. The molecule has 1 aromatic carbocycles. The first kappa shape index (κ1) is 16.7. The summed E-state index contributed by atoms with van der Waals surface area (Å²) in [5.74, 6) is 0.861. The van der Waals surface area contributed by atoms with E-state index in [1.165, 1.54) is 5.56 Å². The first-order valence-electron chi connectivity index (χ1n) is 7.54. The maximum atomic E-state index is 5.82. The summed E-state index contributed by atoms with van der Waals surface area (Å²) < 4.78 is 12.1. The molecule has 0 saturated carbocycles. The van der Waals surface area contributed by atoms with Crippen LogP contribution >= 0.6 is 15.9 Å². The fraction of sp³-hybridized carbons (Fsp3) is 0.625. The van der Waals surface area contributed by atoms with Gasteiger partial charge in [-0.2, -0.15) is 0 Å². The summed E-state index contributed by atoms with van der Waals surface area (Å²) in [6.45, 7) is 9.25. The van der Waals surface area contributed by atoms with Crippen molar-refractivity contribution in [2.45, 2.75) is 26.0 Å². The lowest BCUT2D eigenvalue weighted by atomic mass is 10.1. The van der Waals surface area contributed by atoms with E-state index in [2.05, 4.69) is 52.1 Å². The zero-order valence-electron chi connectivity index (χ0n) is 13.1. The van der Waals surface area contributed by atoms with E-state index < -0.39 is 0 Å². The highest BCUT2D eigenvalue weighted by molar-refractivity contribution is 9.10. The molecule has 2 unspecified atom stereocenters. The van der Waals surface area contributed by atoms with Gasteiger partial charge in [0.1, 0.15) is 5.75 Å². The molecular formula is C16H25BrN2O2. The van der Waals surface area contributed by atoms with E-state index in [9.17, 15) is 0 Å². The summed E-state index contributed by atoms with van der Waals surface area (Å²) in [6, 6.07) is 6.48. The summed E-state index contributed by atoms with van der Waals surface area (Å²) in [7, 11) is 1.68. The molecule has 1 aromatic rings. The fourth-order valence-corrected chi connectivity index (χ4v) is 3.13. The van der Waals surface area contributed by atoms with Crippen LogP contribution in [0.1, 0.15) is 25.5 Å². The summed E-state index contributed by atoms with van der Waals surface area (Å²) in [5, 5.41) is 3.56. The average molecular weight is 357 g/mol. The number of methoxy groups -OCH3 is 1. The molecule has 0 aromatic heterocycles. The van der Waals surface area contributed by atoms with Crippen LogP contribution in [0.3, 0.4) is 0 Å². The Morgan fingerprint density at radius 3 is 3.00 bits per heavy atom. The summed E-state index contributed by atoms with van der Waals surface area (Å²) in [6.07, 6.45) is 0.280. The number of morpholine rings is 1. The summed E-state index contributed by atoms with van der Waals surface area (Å²) >= 11 is 3.54. The van der Waals surface area contributed by atoms with E-state index in [0.717, 1.165) is 43.0 Å². The number of benzene rings is 1. The molecule has 1 heterocycles. The van der Waals surface area contributed by atoms with Crippen molar-refractivity contribution in [2.24, 2.45) is 0 Å². The summed E-state index contributed by atoms with van der Waals surface area (Å²) in [4.78, 5) is 2.44. The first-order chi connectivity index (χ1) is 10.1. The molecule has 0 amide bonds. The molecule has 0 radical (unpaired) electrons. The van der Waals surface area contributed by atoms with E-state index in [1.54, 1.807) is 7.11 Å². The molecular weight excluding hydrogens is 332 g/mol. The molecule has 1 saturated heterocycles. The zero-order valence-corrected chi connectivity index (χ0v) is 14.6. The Morgan fingerprint density at radius 2 is 2.33 bits per heavy atom. The number of ether oxygens (including phenoxy) is 2. The second-order valence-electron chi connectivity index (χ2n) is 5.41. The molecule has 2 atom stereocenters. The van der Waals surface area contributed by atoms with Crippen molar-refractivity contribution in [3.63, 3.8) is 0 Å². The van der Waals surface area contributed by atoms with Gasteiger partial charge >= 0.3 is 0 Å². The van der Waals surface area contributed by atoms with Crippen LogP contribution in [0.5, 0.6) is 5.75 Å². The fourth-order valence-electron chi connectivity index (χ4n) is 2.57. The lowest BCUT2D eigenvalue weighted by Crippen LogP contribution is -2.46. The molecule has 1 aliphatic rings. The SMILES string of the molecule is CCN1CCOC(CNC(C)c2ccc(OC)c(Br)c2)C1. The Kier molecular flexibility index (Phi) is 6.48. The van der Waals surface area contributed by atoms with Gasteiger partial charge in [0, 0.05) is 25.7 Å². The second-order valence-corrected chi connectivity index (χ2v) is 6.26.